The van der Waals surface area contributed by atoms with Crippen LogP contribution >= 0.6 is 11.6 Å². The molecule has 4 rings (SSSR count). The van der Waals surface area contributed by atoms with Gasteiger partial charge in [0.25, 0.3) is 5.91 Å². The minimum absolute atomic E-state index is 0.0106. The van der Waals surface area contributed by atoms with Crippen molar-refractivity contribution in [2.24, 2.45) is 5.92 Å². The van der Waals surface area contributed by atoms with Crippen LogP contribution in [0, 0.1) is 5.92 Å². The van der Waals surface area contributed by atoms with Gasteiger partial charge in [0.05, 0.1) is 22.3 Å². The zero-order chi connectivity index (χ0) is 22.0. The second-order valence-corrected chi connectivity index (χ2v) is 8.24. The number of halogens is 4. The van der Waals surface area contributed by atoms with Gasteiger partial charge in [-0.25, -0.2) is 4.98 Å². The van der Waals surface area contributed by atoms with E-state index in [-0.39, 0.29) is 16.6 Å². The first-order valence-electron chi connectivity index (χ1n) is 10.1. The lowest BCUT2D eigenvalue weighted by atomic mass is 9.86. The topological polar surface area (TPSA) is 58.4 Å². The zero-order valence-electron chi connectivity index (χ0n) is 16.6. The maximum atomic E-state index is 12.9. The SMILES string of the molecule is O=C(NC1CCC(CNc2cnc3ccccn23)CC1)c1cc(C(F)(F)F)ccc1Cl. The highest BCUT2D eigenvalue weighted by atomic mass is 35.5. The Hall–Kier alpha value is -2.74. The number of aromatic nitrogens is 2. The van der Waals surface area contributed by atoms with E-state index < -0.39 is 17.6 Å². The van der Waals surface area contributed by atoms with E-state index in [0.29, 0.717) is 5.92 Å². The number of hydrogen-bond donors (Lipinski definition) is 2. The van der Waals surface area contributed by atoms with Crippen LogP contribution in [0.15, 0.2) is 48.8 Å². The molecule has 1 aromatic carbocycles. The number of alkyl halides is 3. The molecule has 9 heteroatoms. The molecule has 1 fully saturated rings. The summed E-state index contributed by atoms with van der Waals surface area (Å²) in [6.07, 6.45) is 2.58. The molecule has 2 heterocycles. The average molecular weight is 451 g/mol. The van der Waals surface area contributed by atoms with E-state index in [1.165, 1.54) is 0 Å². The quantitative estimate of drug-likeness (QED) is 0.546. The lowest BCUT2D eigenvalue weighted by molar-refractivity contribution is -0.137. The van der Waals surface area contributed by atoms with E-state index in [0.717, 1.165) is 61.9 Å². The van der Waals surface area contributed by atoms with Crippen LogP contribution in [0.3, 0.4) is 0 Å². The Morgan fingerprint density at radius 2 is 1.94 bits per heavy atom. The minimum Gasteiger partial charge on any atom is -0.370 e. The molecule has 1 saturated carbocycles. The third-order valence-electron chi connectivity index (χ3n) is 5.71. The highest BCUT2D eigenvalue weighted by molar-refractivity contribution is 6.33. The molecule has 0 unspecified atom stereocenters. The molecular formula is C22H22ClF3N4O. The van der Waals surface area contributed by atoms with E-state index in [4.69, 9.17) is 11.6 Å². The van der Waals surface area contributed by atoms with Gasteiger partial charge in [-0.05, 0) is 61.9 Å². The largest absolute Gasteiger partial charge is 0.416 e. The number of pyridine rings is 1. The van der Waals surface area contributed by atoms with Gasteiger partial charge < -0.3 is 10.6 Å². The molecule has 5 nitrogen and oxygen atoms in total. The van der Waals surface area contributed by atoms with Crippen LogP contribution in [0.4, 0.5) is 19.0 Å². The summed E-state index contributed by atoms with van der Waals surface area (Å²) >= 11 is 5.97. The number of carbonyl (C=O) groups excluding carboxylic acids is 1. The maximum Gasteiger partial charge on any atom is 0.416 e. The Morgan fingerprint density at radius 1 is 1.16 bits per heavy atom. The number of rotatable bonds is 5. The van der Waals surface area contributed by atoms with Crippen LogP contribution in [0.2, 0.25) is 5.02 Å². The molecule has 164 valence electrons. The maximum absolute atomic E-state index is 12.9. The zero-order valence-corrected chi connectivity index (χ0v) is 17.4. The monoisotopic (exact) mass is 450 g/mol. The molecule has 0 atom stereocenters. The van der Waals surface area contributed by atoms with Gasteiger partial charge >= 0.3 is 6.18 Å². The van der Waals surface area contributed by atoms with Crippen molar-refractivity contribution < 1.29 is 18.0 Å². The van der Waals surface area contributed by atoms with Crippen molar-refractivity contribution in [3.63, 3.8) is 0 Å². The van der Waals surface area contributed by atoms with Crippen molar-refractivity contribution in [1.82, 2.24) is 14.7 Å². The van der Waals surface area contributed by atoms with Crippen LogP contribution in [0.5, 0.6) is 0 Å². The van der Waals surface area contributed by atoms with Gasteiger partial charge in [0.1, 0.15) is 11.5 Å². The number of imidazole rings is 1. The fourth-order valence-corrected chi connectivity index (χ4v) is 4.17. The number of anilines is 1. The first-order valence-corrected chi connectivity index (χ1v) is 10.5. The van der Waals surface area contributed by atoms with Gasteiger partial charge in [0, 0.05) is 18.8 Å². The summed E-state index contributed by atoms with van der Waals surface area (Å²) in [6.45, 7) is 0.794. The van der Waals surface area contributed by atoms with Gasteiger partial charge in [-0.15, -0.1) is 0 Å². The number of nitrogens with one attached hydrogen (secondary N) is 2. The van der Waals surface area contributed by atoms with Gasteiger partial charge in [-0.2, -0.15) is 13.2 Å². The number of hydrogen-bond acceptors (Lipinski definition) is 3. The van der Waals surface area contributed by atoms with Crippen molar-refractivity contribution in [2.45, 2.75) is 37.9 Å². The van der Waals surface area contributed by atoms with E-state index in [2.05, 4.69) is 15.6 Å². The lowest BCUT2D eigenvalue weighted by Crippen LogP contribution is -2.38. The van der Waals surface area contributed by atoms with Gasteiger partial charge in [0.2, 0.25) is 0 Å². The minimum atomic E-state index is -4.52. The Bertz CT molecular complexity index is 1070. The van der Waals surface area contributed by atoms with Crippen LogP contribution in [0.1, 0.15) is 41.6 Å². The second-order valence-electron chi connectivity index (χ2n) is 7.84. The first-order chi connectivity index (χ1) is 14.8. The van der Waals surface area contributed by atoms with E-state index in [1.54, 1.807) is 6.20 Å². The Balaban J connectivity index is 1.30. The van der Waals surface area contributed by atoms with Crippen LogP contribution < -0.4 is 10.6 Å². The predicted octanol–water partition coefficient (Wildman–Crippen LogP) is 5.41. The Labute approximate surface area is 182 Å². The number of nitrogens with zero attached hydrogens (tertiary/aromatic N) is 2. The smallest absolute Gasteiger partial charge is 0.370 e. The third kappa shape index (κ3) is 4.95. The molecule has 2 aromatic heterocycles. The van der Waals surface area contributed by atoms with Crippen LogP contribution in [0.25, 0.3) is 5.65 Å². The Kier molecular flexibility index (Phi) is 6.09. The molecule has 0 spiro atoms. The molecule has 0 aliphatic heterocycles. The summed E-state index contributed by atoms with van der Waals surface area (Å²) in [5.41, 5.74) is -0.151. The standard InChI is InChI=1S/C22H22ClF3N4O/c23-18-9-6-15(22(24,25)26)11-17(18)21(31)29-16-7-4-14(5-8-16)12-27-20-13-28-19-3-1-2-10-30(19)20/h1-3,6,9-11,13-14,16,27H,4-5,7-8,12H2,(H,29,31). The molecule has 1 aliphatic carbocycles. The highest BCUT2D eigenvalue weighted by Gasteiger charge is 2.32. The number of fused-ring (bicyclic) bond motifs is 1. The van der Waals surface area contributed by atoms with Crippen molar-refractivity contribution >= 4 is 29.0 Å². The van der Waals surface area contributed by atoms with Crippen LogP contribution in [-0.2, 0) is 6.18 Å². The lowest BCUT2D eigenvalue weighted by Gasteiger charge is -2.29. The van der Waals surface area contributed by atoms with Gasteiger partial charge in [-0.3, -0.25) is 9.20 Å². The molecule has 2 N–H and O–H groups in total. The van der Waals surface area contributed by atoms with E-state index in [1.807, 2.05) is 28.8 Å². The van der Waals surface area contributed by atoms with Crippen LogP contribution in [-0.4, -0.2) is 27.9 Å². The molecule has 1 aliphatic rings. The summed E-state index contributed by atoms with van der Waals surface area (Å²) in [7, 11) is 0. The first kappa shape index (κ1) is 21.5. The number of carbonyl (C=O) groups is 1. The fourth-order valence-electron chi connectivity index (χ4n) is 3.96. The Morgan fingerprint density at radius 3 is 2.68 bits per heavy atom. The molecule has 0 bridgehead atoms. The molecule has 0 saturated heterocycles. The van der Waals surface area contributed by atoms with Crippen molar-refractivity contribution in [2.75, 3.05) is 11.9 Å². The number of benzene rings is 1. The summed E-state index contributed by atoms with van der Waals surface area (Å²) in [6, 6.07) is 8.55. The summed E-state index contributed by atoms with van der Waals surface area (Å²) in [5, 5.41) is 6.29. The summed E-state index contributed by atoms with van der Waals surface area (Å²) < 4.78 is 40.8. The van der Waals surface area contributed by atoms with Gasteiger partial charge in [0.15, 0.2) is 0 Å². The second kappa shape index (κ2) is 8.78. The number of amides is 1. The molecule has 0 radical (unpaired) electrons. The summed E-state index contributed by atoms with van der Waals surface area (Å²) in [5.74, 6) is 0.813. The van der Waals surface area contributed by atoms with Crippen molar-refractivity contribution in [3.8, 4) is 0 Å². The fraction of sp³-hybridized carbons (Fsp3) is 0.364. The third-order valence-corrected chi connectivity index (χ3v) is 6.04. The van der Waals surface area contributed by atoms with Gasteiger partial charge in [-0.1, -0.05) is 17.7 Å². The van der Waals surface area contributed by atoms with E-state index in [9.17, 15) is 18.0 Å². The normalized spacial score (nSPS) is 19.4. The summed E-state index contributed by atoms with van der Waals surface area (Å²) in [4.78, 5) is 16.9. The highest BCUT2D eigenvalue weighted by Crippen LogP contribution is 2.32. The molecule has 31 heavy (non-hydrogen) atoms. The average Bonchev–Trinajstić information content (AvgIpc) is 3.16. The van der Waals surface area contributed by atoms with Crippen molar-refractivity contribution in [1.29, 1.82) is 0 Å². The molecule has 3 aromatic rings. The predicted molar refractivity (Wildman–Crippen MR) is 113 cm³/mol. The molecule has 1 amide bonds. The molecular weight excluding hydrogens is 429 g/mol. The van der Waals surface area contributed by atoms with Crippen molar-refractivity contribution in [3.05, 3.63) is 64.9 Å². The van der Waals surface area contributed by atoms with E-state index >= 15 is 0 Å².